The van der Waals surface area contributed by atoms with Crippen LogP contribution in [0, 0.1) is 0 Å². The molecule has 34 valence electrons. The zero-order chi connectivity index (χ0) is 4.99. The lowest BCUT2D eigenvalue weighted by atomic mass is 10.7. The third kappa shape index (κ3) is 3.34. The van der Waals surface area contributed by atoms with Gasteiger partial charge in [0.1, 0.15) is 12.1 Å². The Labute approximate surface area is 36.2 Å². The molecule has 0 N–H and O–H groups in total. The Balaban J connectivity index is 3.05. The molecule has 6 heavy (non-hydrogen) atoms. The largest absolute Gasteiger partial charge is 0.303 e. The van der Waals surface area contributed by atoms with Crippen molar-refractivity contribution in [2.24, 2.45) is 0 Å². The van der Waals surface area contributed by atoms with Gasteiger partial charge in [-0.3, -0.25) is 4.79 Å². The van der Waals surface area contributed by atoms with Crippen LogP contribution in [-0.4, -0.2) is 12.1 Å². The van der Waals surface area contributed by atoms with Gasteiger partial charge in [-0.1, -0.05) is 0 Å². The van der Waals surface area contributed by atoms with Crippen LogP contribution in [0.5, 0.6) is 0 Å². The molecule has 2 nitrogen and oxygen atoms in total. The molecule has 0 heterocycles. The zero-order valence-corrected chi connectivity index (χ0v) is 3.60. The Morgan fingerprint density at radius 1 is 1.83 bits per heavy atom. The van der Waals surface area contributed by atoms with Gasteiger partial charge in [-0.05, 0) is 6.92 Å². The molecular formula is C4H6O2. The van der Waals surface area contributed by atoms with Gasteiger partial charge in [0.25, 0.3) is 0 Å². The maximum atomic E-state index is 9.81. The highest BCUT2D eigenvalue weighted by molar-refractivity contribution is 5.87. The van der Waals surface area contributed by atoms with Crippen molar-refractivity contribution in [2.45, 2.75) is 13.3 Å². The predicted molar refractivity (Wildman–Crippen MR) is 21.4 cm³/mol. The van der Waals surface area contributed by atoms with E-state index in [0.717, 1.165) is 0 Å². The van der Waals surface area contributed by atoms with Crippen LogP contribution < -0.4 is 0 Å². The van der Waals surface area contributed by atoms with E-state index < -0.39 is 0 Å². The molecule has 0 saturated heterocycles. The topological polar surface area (TPSA) is 34.1 Å². The first-order valence-corrected chi connectivity index (χ1v) is 1.70. The highest BCUT2D eigenvalue weighted by Gasteiger charge is 1.83. The molecule has 0 aromatic heterocycles. The summed E-state index contributed by atoms with van der Waals surface area (Å²) in [5.41, 5.74) is 0. The van der Waals surface area contributed by atoms with Gasteiger partial charge in [-0.25, -0.2) is 0 Å². The standard InChI is InChI=1S/C4H6O2/c1-4(6)2-3-5/h3H,2H2,1H3/i4+2. The van der Waals surface area contributed by atoms with Gasteiger partial charge in [0.15, 0.2) is 0 Å². The van der Waals surface area contributed by atoms with Gasteiger partial charge in [-0.2, -0.15) is 0 Å². The second-order valence-electron chi connectivity index (χ2n) is 1.07. The van der Waals surface area contributed by atoms with Crippen LogP contribution in [-0.2, 0) is 9.59 Å². The Morgan fingerprint density at radius 3 is 2.33 bits per heavy atom. The lowest BCUT2D eigenvalue weighted by Crippen LogP contribution is -1.87. The number of carbonyl (C=O) groups is 2. The normalized spacial score (nSPS) is 7.50. The van der Waals surface area contributed by atoms with E-state index in [2.05, 4.69) is 0 Å². The summed E-state index contributed by atoms with van der Waals surface area (Å²) in [7, 11) is 0. The number of carbonyl (C=O) groups excluding carboxylic acids is 2. The molecule has 0 rings (SSSR count). The lowest BCUT2D eigenvalue weighted by Gasteiger charge is -1.71. The van der Waals surface area contributed by atoms with E-state index in [-0.39, 0.29) is 12.2 Å². The van der Waals surface area contributed by atoms with Crippen molar-refractivity contribution in [2.75, 3.05) is 0 Å². The molecule has 0 amide bonds. The highest BCUT2D eigenvalue weighted by atomic mass is 16.3. The van der Waals surface area contributed by atoms with E-state index in [0.29, 0.717) is 6.29 Å². The first-order chi connectivity index (χ1) is 2.77. The van der Waals surface area contributed by atoms with Gasteiger partial charge < -0.3 is 4.79 Å². The van der Waals surface area contributed by atoms with E-state index in [9.17, 15) is 9.59 Å². The van der Waals surface area contributed by atoms with E-state index in [1.807, 2.05) is 0 Å². The average Bonchev–Trinajstić information content (AvgIpc) is 1.35. The predicted octanol–water partition coefficient (Wildman–Crippen LogP) is 0.164. The quantitative estimate of drug-likeness (QED) is 0.356. The molecule has 0 aliphatic heterocycles. The summed E-state index contributed by atoms with van der Waals surface area (Å²) in [6.45, 7) is 1.38. The van der Waals surface area contributed by atoms with Crippen LogP contribution >= 0.6 is 0 Å². The number of rotatable bonds is 2. The number of hydrogen-bond acceptors (Lipinski definition) is 2. The molecule has 0 unspecified atom stereocenters. The number of Topliss-reactive ketones (excluding diaryl/α,β-unsaturated/α-hetero) is 1. The lowest BCUT2D eigenvalue weighted by molar-refractivity contribution is -0.120. The number of hydrogen-bond donors (Lipinski definition) is 0. The molecule has 0 aromatic carbocycles. The summed E-state index contributed by atoms with van der Waals surface area (Å²) in [6.07, 6.45) is 0.655. The van der Waals surface area contributed by atoms with Gasteiger partial charge in [0, 0.05) is 0 Å². The summed E-state index contributed by atoms with van der Waals surface area (Å²) >= 11 is 0. The summed E-state index contributed by atoms with van der Waals surface area (Å²) in [6, 6.07) is 0. The molecule has 0 spiro atoms. The van der Waals surface area contributed by atoms with E-state index >= 15 is 0 Å². The Bertz CT molecular complexity index is 65.9. The third-order valence-corrected chi connectivity index (χ3v) is 0.371. The summed E-state index contributed by atoms with van der Waals surface area (Å²) in [5, 5.41) is 0. The summed E-state index contributed by atoms with van der Waals surface area (Å²) in [5.74, 6) is -0.0787. The molecule has 2 heteroatoms. The smallest absolute Gasteiger partial charge is 0.136 e. The van der Waals surface area contributed by atoms with E-state index in [4.69, 9.17) is 0 Å². The van der Waals surface area contributed by atoms with Crippen molar-refractivity contribution in [3.05, 3.63) is 0 Å². The van der Waals surface area contributed by atoms with Crippen molar-refractivity contribution in [3.8, 4) is 0 Å². The molecular weight excluding hydrogens is 82.0 g/mol. The molecule has 0 aromatic rings. The van der Waals surface area contributed by atoms with Crippen molar-refractivity contribution in [1.29, 1.82) is 0 Å². The molecule has 0 bridgehead atoms. The Morgan fingerprint density at radius 2 is 2.33 bits per heavy atom. The van der Waals surface area contributed by atoms with Crippen LogP contribution in [0.3, 0.4) is 0 Å². The number of aldehydes is 1. The fraction of sp³-hybridized carbons (Fsp3) is 0.500. The van der Waals surface area contributed by atoms with E-state index in [1.165, 1.54) is 6.92 Å². The van der Waals surface area contributed by atoms with Gasteiger partial charge >= 0.3 is 0 Å². The zero-order valence-electron chi connectivity index (χ0n) is 3.60. The van der Waals surface area contributed by atoms with Crippen molar-refractivity contribution in [3.63, 3.8) is 0 Å². The van der Waals surface area contributed by atoms with Gasteiger partial charge in [-0.15, -0.1) is 0 Å². The SMILES string of the molecule is C[14C](=O)CC=O. The maximum Gasteiger partial charge on any atom is 0.136 e. The molecule has 0 saturated carbocycles. The second-order valence-corrected chi connectivity index (χ2v) is 1.07. The van der Waals surface area contributed by atoms with Crippen LogP contribution in [0.15, 0.2) is 0 Å². The first-order valence-electron chi connectivity index (χ1n) is 1.70. The average molecular weight is 88.1 g/mol. The molecule has 0 aliphatic carbocycles. The van der Waals surface area contributed by atoms with E-state index in [1.54, 1.807) is 0 Å². The molecule has 0 atom stereocenters. The van der Waals surface area contributed by atoms with Crippen LogP contribution in [0.1, 0.15) is 13.3 Å². The van der Waals surface area contributed by atoms with Gasteiger partial charge in [0.05, 0.1) is 6.42 Å². The minimum atomic E-state index is -0.0787. The van der Waals surface area contributed by atoms with Crippen molar-refractivity contribution >= 4 is 12.1 Å². The van der Waals surface area contributed by atoms with Crippen LogP contribution in [0.4, 0.5) is 0 Å². The van der Waals surface area contributed by atoms with Crippen molar-refractivity contribution < 1.29 is 9.59 Å². The minimum absolute atomic E-state index is 0.0556. The fourth-order valence-electron chi connectivity index (χ4n) is 0.117. The van der Waals surface area contributed by atoms with Crippen LogP contribution in [0.25, 0.3) is 0 Å². The first kappa shape index (κ1) is 5.34. The second kappa shape index (κ2) is 2.57. The maximum absolute atomic E-state index is 9.81. The summed E-state index contributed by atoms with van der Waals surface area (Å²) in [4.78, 5) is 19.2. The molecule has 0 fully saturated rings. The van der Waals surface area contributed by atoms with Crippen molar-refractivity contribution in [1.82, 2.24) is 0 Å². The van der Waals surface area contributed by atoms with Gasteiger partial charge in [0.2, 0.25) is 0 Å². The monoisotopic (exact) mass is 88.0 g/mol. The Hall–Kier alpha value is -0.660. The third-order valence-electron chi connectivity index (χ3n) is 0.371. The minimum Gasteiger partial charge on any atom is -0.303 e. The summed E-state index contributed by atoms with van der Waals surface area (Å²) < 4.78 is 0. The fourth-order valence-corrected chi connectivity index (χ4v) is 0.117. The number of ketones is 1. The Kier molecular flexibility index (Phi) is 2.29. The van der Waals surface area contributed by atoms with Crippen LogP contribution in [0.2, 0.25) is 0 Å². The highest BCUT2D eigenvalue weighted by Crippen LogP contribution is 1.69. The molecule has 0 radical (unpaired) electrons. The molecule has 0 aliphatic rings.